The van der Waals surface area contributed by atoms with Gasteiger partial charge in [0.1, 0.15) is 23.7 Å². The number of carboxylic acids is 2. The van der Waals surface area contributed by atoms with Gasteiger partial charge in [-0.1, -0.05) is 0 Å². The van der Waals surface area contributed by atoms with Crippen LogP contribution in [0.3, 0.4) is 0 Å². The summed E-state index contributed by atoms with van der Waals surface area (Å²) in [5, 5.41) is 18.1. The molecule has 0 aliphatic heterocycles. The summed E-state index contributed by atoms with van der Waals surface area (Å²) in [5.41, 5.74) is 0.0341. The number of furan rings is 1. The lowest BCUT2D eigenvalue weighted by Crippen LogP contribution is -2.03. The molecule has 1 aromatic heterocycles. The van der Waals surface area contributed by atoms with Gasteiger partial charge in [-0.2, -0.15) is 0 Å². The number of aromatic carboxylic acids is 2. The lowest BCUT2D eigenvalue weighted by molar-refractivity contribution is 0.0684. The largest absolute Gasteiger partial charge is 0.493 e. The number of hydrogen-bond acceptors (Lipinski definition) is 6. The molecular weight excluding hydrogens is 320 g/mol. The fourth-order valence-corrected chi connectivity index (χ4v) is 2.12. The molecule has 8 nitrogen and oxygen atoms in total. The highest BCUT2D eigenvalue weighted by Gasteiger charge is 2.19. The first-order valence-electron chi connectivity index (χ1n) is 6.82. The van der Waals surface area contributed by atoms with Crippen molar-refractivity contribution in [3.8, 4) is 17.2 Å². The average Bonchev–Trinajstić information content (AvgIpc) is 2.92. The van der Waals surface area contributed by atoms with Crippen molar-refractivity contribution < 1.29 is 38.4 Å². The predicted molar refractivity (Wildman–Crippen MR) is 81.2 cm³/mol. The smallest absolute Gasteiger partial charge is 0.339 e. The van der Waals surface area contributed by atoms with E-state index in [0.717, 1.165) is 0 Å². The van der Waals surface area contributed by atoms with Crippen LogP contribution in [0, 0.1) is 6.92 Å². The molecule has 1 aromatic carbocycles. The predicted octanol–water partition coefficient (Wildman–Crippen LogP) is 2.58. The van der Waals surface area contributed by atoms with E-state index < -0.39 is 11.9 Å². The fourth-order valence-electron chi connectivity index (χ4n) is 2.12. The second-order valence-corrected chi connectivity index (χ2v) is 4.79. The minimum atomic E-state index is -1.13. The lowest BCUT2D eigenvalue weighted by Gasteiger charge is -2.14. The van der Waals surface area contributed by atoms with Gasteiger partial charge >= 0.3 is 11.9 Å². The number of methoxy groups -OCH3 is 2. The number of carboxylic acid groups (broad SMARTS) is 2. The van der Waals surface area contributed by atoms with Crippen LogP contribution in [-0.4, -0.2) is 36.4 Å². The van der Waals surface area contributed by atoms with Crippen molar-refractivity contribution in [2.45, 2.75) is 13.5 Å². The highest BCUT2D eigenvalue weighted by atomic mass is 16.5. The molecule has 8 heteroatoms. The second kappa shape index (κ2) is 6.95. The van der Waals surface area contributed by atoms with Crippen LogP contribution in [0.5, 0.6) is 17.2 Å². The molecule has 2 aromatic rings. The summed E-state index contributed by atoms with van der Waals surface area (Å²) < 4.78 is 21.2. The summed E-state index contributed by atoms with van der Waals surface area (Å²) in [6, 6.07) is 3.97. The number of benzene rings is 1. The van der Waals surface area contributed by atoms with Gasteiger partial charge in [-0.15, -0.1) is 0 Å². The molecule has 0 radical (unpaired) electrons. The van der Waals surface area contributed by atoms with Crippen molar-refractivity contribution in [1.82, 2.24) is 0 Å². The van der Waals surface area contributed by atoms with E-state index >= 15 is 0 Å². The third-order valence-corrected chi connectivity index (χ3v) is 3.27. The molecule has 0 bridgehead atoms. The normalized spacial score (nSPS) is 10.3. The van der Waals surface area contributed by atoms with Crippen molar-refractivity contribution in [2.75, 3.05) is 14.2 Å². The molecule has 0 saturated heterocycles. The van der Waals surface area contributed by atoms with Crippen LogP contribution in [-0.2, 0) is 6.61 Å². The Morgan fingerprint density at radius 2 is 1.62 bits per heavy atom. The third kappa shape index (κ3) is 3.43. The van der Waals surface area contributed by atoms with Gasteiger partial charge in [-0.05, 0) is 25.1 Å². The molecule has 0 aliphatic carbocycles. The van der Waals surface area contributed by atoms with Crippen LogP contribution >= 0.6 is 0 Å². The van der Waals surface area contributed by atoms with E-state index in [4.69, 9.17) is 28.8 Å². The van der Waals surface area contributed by atoms with Crippen molar-refractivity contribution >= 4 is 11.9 Å². The van der Waals surface area contributed by atoms with Crippen LogP contribution in [0.4, 0.5) is 0 Å². The highest BCUT2D eigenvalue weighted by Crippen LogP contribution is 2.39. The Morgan fingerprint density at radius 1 is 1.04 bits per heavy atom. The van der Waals surface area contributed by atoms with Crippen molar-refractivity contribution in [3.63, 3.8) is 0 Å². The van der Waals surface area contributed by atoms with E-state index in [0.29, 0.717) is 5.76 Å². The topological polar surface area (TPSA) is 115 Å². The first kappa shape index (κ1) is 17.2. The molecule has 0 atom stereocenters. The summed E-state index contributed by atoms with van der Waals surface area (Å²) in [6.45, 7) is 1.46. The summed E-state index contributed by atoms with van der Waals surface area (Å²) in [6.07, 6.45) is 0. The minimum Gasteiger partial charge on any atom is -0.493 e. The Kier molecular flexibility index (Phi) is 4.98. The van der Waals surface area contributed by atoms with Gasteiger partial charge in [0.15, 0.2) is 11.5 Å². The minimum absolute atomic E-state index is 0.0157. The summed E-state index contributed by atoms with van der Waals surface area (Å²) in [7, 11) is 2.74. The summed E-state index contributed by atoms with van der Waals surface area (Å²) in [5.74, 6) is -1.12. The average molecular weight is 336 g/mol. The molecule has 2 rings (SSSR count). The molecule has 1 heterocycles. The Morgan fingerprint density at radius 3 is 2.04 bits per heavy atom. The first-order chi connectivity index (χ1) is 11.4. The van der Waals surface area contributed by atoms with Gasteiger partial charge < -0.3 is 28.8 Å². The lowest BCUT2D eigenvalue weighted by atomic mass is 10.2. The maximum Gasteiger partial charge on any atom is 0.339 e. The van der Waals surface area contributed by atoms with E-state index in [-0.39, 0.29) is 40.7 Å². The molecule has 0 amide bonds. The van der Waals surface area contributed by atoms with Crippen LogP contribution in [0.15, 0.2) is 22.6 Å². The molecule has 0 unspecified atom stereocenters. The molecule has 0 spiro atoms. The number of hydrogen-bond donors (Lipinski definition) is 2. The van der Waals surface area contributed by atoms with E-state index in [2.05, 4.69) is 0 Å². The maximum atomic E-state index is 11.1. The van der Waals surface area contributed by atoms with Crippen LogP contribution in [0.2, 0.25) is 0 Å². The van der Waals surface area contributed by atoms with Gasteiger partial charge in [-0.3, -0.25) is 0 Å². The maximum absolute atomic E-state index is 11.1. The SMILES string of the molecule is COc1cc(C(=O)O)cc(OC)c1OCc1cc(C(=O)O)c(C)o1. The second-order valence-electron chi connectivity index (χ2n) is 4.79. The zero-order chi connectivity index (χ0) is 17.9. The number of aryl methyl sites for hydroxylation is 1. The Balaban J connectivity index is 2.30. The number of carbonyl (C=O) groups is 2. The fraction of sp³-hybridized carbons (Fsp3) is 0.250. The van der Waals surface area contributed by atoms with E-state index in [1.165, 1.54) is 39.3 Å². The third-order valence-electron chi connectivity index (χ3n) is 3.27. The van der Waals surface area contributed by atoms with Gasteiger partial charge in [-0.25, -0.2) is 9.59 Å². The highest BCUT2D eigenvalue weighted by molar-refractivity contribution is 5.89. The van der Waals surface area contributed by atoms with Crippen molar-refractivity contribution in [3.05, 3.63) is 40.8 Å². The number of ether oxygens (including phenoxy) is 3. The van der Waals surface area contributed by atoms with Gasteiger partial charge in [0, 0.05) is 0 Å². The van der Waals surface area contributed by atoms with Crippen molar-refractivity contribution in [1.29, 1.82) is 0 Å². The molecule has 2 N–H and O–H groups in total. The van der Waals surface area contributed by atoms with Crippen molar-refractivity contribution in [2.24, 2.45) is 0 Å². The zero-order valence-electron chi connectivity index (χ0n) is 13.3. The van der Waals surface area contributed by atoms with Gasteiger partial charge in [0.2, 0.25) is 5.75 Å². The van der Waals surface area contributed by atoms with E-state index in [1.807, 2.05) is 0 Å². The van der Waals surface area contributed by atoms with Crippen LogP contribution < -0.4 is 14.2 Å². The standard InChI is InChI=1S/C16H16O8/c1-8-11(16(19)20)6-10(24-8)7-23-14-12(21-2)4-9(15(17)18)5-13(14)22-3/h4-6H,7H2,1-3H3,(H,17,18)(H,19,20). The first-order valence-corrected chi connectivity index (χ1v) is 6.82. The van der Waals surface area contributed by atoms with Gasteiger partial charge in [0.25, 0.3) is 0 Å². The monoisotopic (exact) mass is 336 g/mol. The van der Waals surface area contributed by atoms with E-state index in [1.54, 1.807) is 0 Å². The van der Waals surface area contributed by atoms with Crippen LogP contribution in [0.25, 0.3) is 0 Å². The molecule has 0 aliphatic rings. The molecular formula is C16H16O8. The summed E-state index contributed by atoms with van der Waals surface area (Å²) >= 11 is 0. The quantitative estimate of drug-likeness (QED) is 0.792. The summed E-state index contributed by atoms with van der Waals surface area (Å²) in [4.78, 5) is 22.1. The Bertz CT molecular complexity index is 749. The molecule has 0 fully saturated rings. The van der Waals surface area contributed by atoms with E-state index in [9.17, 15) is 9.59 Å². The Labute approximate surface area is 137 Å². The molecule has 0 saturated carbocycles. The molecule has 128 valence electrons. The van der Waals surface area contributed by atoms with Gasteiger partial charge in [0.05, 0.1) is 19.8 Å². The zero-order valence-corrected chi connectivity index (χ0v) is 13.3. The molecule has 24 heavy (non-hydrogen) atoms. The Hall–Kier alpha value is -3.16. The number of rotatable bonds is 7. The van der Waals surface area contributed by atoms with Crippen LogP contribution in [0.1, 0.15) is 32.2 Å².